The van der Waals surface area contributed by atoms with Crippen LogP contribution in [0.4, 0.5) is 0 Å². The lowest BCUT2D eigenvalue weighted by atomic mass is 10.00. The van der Waals surface area contributed by atoms with Crippen LogP contribution in [-0.4, -0.2) is 9.97 Å². The minimum atomic E-state index is 0.981. The number of pyridine rings is 2. The van der Waals surface area contributed by atoms with E-state index in [4.69, 9.17) is 4.98 Å². The highest BCUT2D eigenvalue weighted by Gasteiger charge is 2.09. The van der Waals surface area contributed by atoms with Gasteiger partial charge in [0.1, 0.15) is 0 Å². The molecule has 2 aromatic heterocycles. The SMILES string of the molecule is Cc1ccc(-c2cc(-c3ccncc3)cc(-c3ccc(C)cc3)n2)cc1. The number of hydrogen-bond acceptors (Lipinski definition) is 2. The molecule has 0 amide bonds. The Bertz CT molecular complexity index is 954. The average molecular weight is 336 g/mol. The first-order chi connectivity index (χ1) is 12.7. The van der Waals surface area contributed by atoms with Gasteiger partial charge in [-0.3, -0.25) is 4.98 Å². The summed E-state index contributed by atoms with van der Waals surface area (Å²) in [7, 11) is 0. The van der Waals surface area contributed by atoms with Crippen LogP contribution in [0.5, 0.6) is 0 Å². The normalized spacial score (nSPS) is 10.7. The molecule has 4 rings (SSSR count). The molecule has 0 radical (unpaired) electrons. The van der Waals surface area contributed by atoms with Crippen LogP contribution in [0.1, 0.15) is 11.1 Å². The van der Waals surface area contributed by atoms with Gasteiger partial charge in [0.25, 0.3) is 0 Å². The highest BCUT2D eigenvalue weighted by Crippen LogP contribution is 2.30. The van der Waals surface area contributed by atoms with E-state index in [1.807, 2.05) is 24.5 Å². The van der Waals surface area contributed by atoms with Crippen molar-refractivity contribution in [1.82, 2.24) is 9.97 Å². The number of nitrogens with zero attached hydrogens (tertiary/aromatic N) is 2. The van der Waals surface area contributed by atoms with Crippen LogP contribution >= 0.6 is 0 Å². The molecule has 0 aliphatic rings. The molecule has 4 aromatic rings. The van der Waals surface area contributed by atoms with E-state index in [0.717, 1.165) is 33.6 Å². The summed E-state index contributed by atoms with van der Waals surface area (Å²) in [6, 6.07) is 25.4. The third-order valence-corrected chi connectivity index (χ3v) is 4.53. The lowest BCUT2D eigenvalue weighted by molar-refractivity contribution is 1.30. The molecule has 0 saturated carbocycles. The maximum atomic E-state index is 4.94. The van der Waals surface area contributed by atoms with Gasteiger partial charge in [0.05, 0.1) is 11.4 Å². The second-order valence-electron chi connectivity index (χ2n) is 6.59. The minimum absolute atomic E-state index is 0.981. The molecule has 2 nitrogen and oxygen atoms in total. The van der Waals surface area contributed by atoms with Gasteiger partial charge in [-0.1, -0.05) is 59.7 Å². The molecule has 2 heteroatoms. The molecular formula is C24H20N2. The smallest absolute Gasteiger partial charge is 0.0715 e. The largest absolute Gasteiger partial charge is 0.265 e. The number of aryl methyl sites for hydroxylation is 2. The third-order valence-electron chi connectivity index (χ3n) is 4.53. The van der Waals surface area contributed by atoms with Crippen molar-refractivity contribution in [2.24, 2.45) is 0 Å². The van der Waals surface area contributed by atoms with Gasteiger partial charge < -0.3 is 0 Å². The molecule has 0 saturated heterocycles. The maximum Gasteiger partial charge on any atom is 0.0715 e. The third kappa shape index (κ3) is 3.40. The maximum absolute atomic E-state index is 4.94. The van der Waals surface area contributed by atoms with E-state index in [1.165, 1.54) is 11.1 Å². The van der Waals surface area contributed by atoms with E-state index >= 15 is 0 Å². The molecule has 26 heavy (non-hydrogen) atoms. The molecular weight excluding hydrogens is 316 g/mol. The van der Waals surface area contributed by atoms with Gasteiger partial charge in [0.2, 0.25) is 0 Å². The first kappa shape index (κ1) is 16.2. The standard InChI is InChI=1S/C24H20N2/c1-17-3-7-20(8-4-17)23-15-22(19-11-13-25-14-12-19)16-24(26-23)21-9-5-18(2)6-10-21/h3-16H,1-2H3. The van der Waals surface area contributed by atoms with Crippen molar-refractivity contribution >= 4 is 0 Å². The first-order valence-corrected chi connectivity index (χ1v) is 8.76. The van der Waals surface area contributed by atoms with Crippen molar-refractivity contribution in [1.29, 1.82) is 0 Å². The predicted molar refractivity (Wildman–Crippen MR) is 108 cm³/mol. The van der Waals surface area contributed by atoms with E-state index in [0.29, 0.717) is 0 Å². The second kappa shape index (κ2) is 6.93. The van der Waals surface area contributed by atoms with Crippen LogP contribution in [0.2, 0.25) is 0 Å². The van der Waals surface area contributed by atoms with Crippen molar-refractivity contribution in [2.75, 3.05) is 0 Å². The average Bonchev–Trinajstić information content (AvgIpc) is 2.69. The molecule has 2 aromatic carbocycles. The molecule has 0 aliphatic carbocycles. The Kier molecular flexibility index (Phi) is 4.32. The first-order valence-electron chi connectivity index (χ1n) is 8.76. The van der Waals surface area contributed by atoms with Gasteiger partial charge >= 0.3 is 0 Å². The van der Waals surface area contributed by atoms with E-state index < -0.39 is 0 Å². The molecule has 0 spiro atoms. The van der Waals surface area contributed by atoms with Crippen LogP contribution in [-0.2, 0) is 0 Å². The van der Waals surface area contributed by atoms with E-state index in [2.05, 4.69) is 79.5 Å². The Morgan fingerprint density at radius 3 is 1.42 bits per heavy atom. The molecule has 0 aliphatic heterocycles. The highest BCUT2D eigenvalue weighted by molar-refractivity contribution is 5.76. The lowest BCUT2D eigenvalue weighted by Crippen LogP contribution is -1.91. The summed E-state index contributed by atoms with van der Waals surface area (Å²) >= 11 is 0. The quantitative estimate of drug-likeness (QED) is 0.452. The predicted octanol–water partition coefficient (Wildman–Crippen LogP) is 6.09. The zero-order valence-electron chi connectivity index (χ0n) is 15.0. The summed E-state index contributed by atoms with van der Waals surface area (Å²) in [5.74, 6) is 0. The molecule has 0 atom stereocenters. The van der Waals surface area contributed by atoms with Gasteiger partial charge in [0.15, 0.2) is 0 Å². The fourth-order valence-electron chi connectivity index (χ4n) is 2.99. The molecule has 0 unspecified atom stereocenters. The Morgan fingerprint density at radius 1 is 0.500 bits per heavy atom. The van der Waals surface area contributed by atoms with Crippen LogP contribution < -0.4 is 0 Å². The fraction of sp³-hybridized carbons (Fsp3) is 0.0833. The Balaban J connectivity index is 1.89. The lowest BCUT2D eigenvalue weighted by Gasteiger charge is -2.10. The molecule has 0 fully saturated rings. The summed E-state index contributed by atoms with van der Waals surface area (Å²) in [6.07, 6.45) is 3.65. The van der Waals surface area contributed by atoms with Gasteiger partial charge in [-0.15, -0.1) is 0 Å². The van der Waals surface area contributed by atoms with Crippen molar-refractivity contribution in [3.63, 3.8) is 0 Å². The van der Waals surface area contributed by atoms with Gasteiger partial charge in [-0.2, -0.15) is 0 Å². The highest BCUT2D eigenvalue weighted by atomic mass is 14.7. The zero-order chi connectivity index (χ0) is 17.9. The summed E-state index contributed by atoms with van der Waals surface area (Å²) < 4.78 is 0. The number of aromatic nitrogens is 2. The van der Waals surface area contributed by atoms with E-state index in [9.17, 15) is 0 Å². The van der Waals surface area contributed by atoms with Crippen molar-refractivity contribution in [3.05, 3.63) is 96.3 Å². The topological polar surface area (TPSA) is 25.8 Å². The Labute approximate surface area is 154 Å². The Hall–Kier alpha value is -3.26. The fourth-order valence-corrected chi connectivity index (χ4v) is 2.99. The Morgan fingerprint density at radius 2 is 0.962 bits per heavy atom. The van der Waals surface area contributed by atoms with E-state index in [-0.39, 0.29) is 0 Å². The summed E-state index contributed by atoms with van der Waals surface area (Å²) in [5.41, 5.74) is 9.00. The van der Waals surface area contributed by atoms with Gasteiger partial charge in [-0.25, -0.2) is 4.98 Å². The van der Waals surface area contributed by atoms with Crippen molar-refractivity contribution < 1.29 is 0 Å². The van der Waals surface area contributed by atoms with E-state index in [1.54, 1.807) is 0 Å². The summed E-state index contributed by atoms with van der Waals surface area (Å²) in [6.45, 7) is 4.20. The molecule has 126 valence electrons. The summed E-state index contributed by atoms with van der Waals surface area (Å²) in [5, 5.41) is 0. The number of hydrogen-bond donors (Lipinski definition) is 0. The zero-order valence-corrected chi connectivity index (χ0v) is 15.0. The molecule has 2 heterocycles. The summed E-state index contributed by atoms with van der Waals surface area (Å²) in [4.78, 5) is 9.08. The minimum Gasteiger partial charge on any atom is -0.265 e. The van der Waals surface area contributed by atoms with Gasteiger partial charge in [0, 0.05) is 23.5 Å². The number of rotatable bonds is 3. The second-order valence-corrected chi connectivity index (χ2v) is 6.59. The molecule has 0 N–H and O–H groups in total. The van der Waals surface area contributed by atoms with Crippen LogP contribution in [0, 0.1) is 13.8 Å². The number of benzene rings is 2. The molecule has 0 bridgehead atoms. The van der Waals surface area contributed by atoms with Crippen LogP contribution in [0.15, 0.2) is 85.2 Å². The van der Waals surface area contributed by atoms with Gasteiger partial charge in [-0.05, 0) is 49.2 Å². The van der Waals surface area contributed by atoms with Crippen LogP contribution in [0.3, 0.4) is 0 Å². The van der Waals surface area contributed by atoms with Crippen LogP contribution in [0.25, 0.3) is 33.6 Å². The monoisotopic (exact) mass is 336 g/mol. The van der Waals surface area contributed by atoms with Crippen molar-refractivity contribution in [2.45, 2.75) is 13.8 Å². The van der Waals surface area contributed by atoms with Crippen molar-refractivity contribution in [3.8, 4) is 33.6 Å².